The number of aryl methyl sites for hydroxylation is 2. The first-order valence-electron chi connectivity index (χ1n) is 7.60. The van der Waals surface area contributed by atoms with E-state index in [9.17, 15) is 4.79 Å². The third kappa shape index (κ3) is 4.17. The molecule has 0 unspecified atom stereocenters. The first-order chi connectivity index (χ1) is 11.6. The molecule has 1 amide bonds. The summed E-state index contributed by atoms with van der Waals surface area (Å²) in [6.45, 7) is 4.45. The molecular weight excluding hydrogens is 320 g/mol. The molecule has 0 fully saturated rings. The van der Waals surface area contributed by atoms with Crippen LogP contribution in [0.2, 0.25) is 0 Å². The van der Waals surface area contributed by atoms with Crippen LogP contribution in [0.15, 0.2) is 47.8 Å². The maximum absolute atomic E-state index is 12.2. The van der Waals surface area contributed by atoms with Crippen LogP contribution in [0, 0.1) is 13.8 Å². The lowest BCUT2D eigenvalue weighted by Gasteiger charge is -2.04. The minimum Gasteiger partial charge on any atom is -0.347 e. The average molecular weight is 338 g/mol. The Balaban J connectivity index is 1.60. The molecule has 5 nitrogen and oxygen atoms in total. The Morgan fingerprint density at radius 2 is 1.88 bits per heavy atom. The monoisotopic (exact) mass is 338 g/mol. The first-order valence-corrected chi connectivity index (χ1v) is 8.48. The van der Waals surface area contributed by atoms with Crippen molar-refractivity contribution in [1.82, 2.24) is 15.3 Å². The second kappa shape index (κ2) is 7.23. The number of anilines is 2. The van der Waals surface area contributed by atoms with E-state index in [2.05, 4.69) is 20.6 Å². The van der Waals surface area contributed by atoms with Crippen LogP contribution < -0.4 is 10.6 Å². The molecule has 0 bridgehead atoms. The molecule has 0 atom stereocenters. The molecule has 3 rings (SSSR count). The standard InChI is InChI=1S/C18H18N4OS/c1-12-6-8-14(9-7-12)10-19-17(23)15-11-24-18(21-15)22-16-5-3-4-13(2)20-16/h3-9,11H,10H2,1-2H3,(H,19,23)(H,20,21,22). The van der Waals surface area contributed by atoms with Gasteiger partial charge in [-0.3, -0.25) is 4.79 Å². The third-order valence-electron chi connectivity index (χ3n) is 3.43. The van der Waals surface area contributed by atoms with Crippen molar-refractivity contribution in [3.05, 3.63) is 70.4 Å². The number of carbonyl (C=O) groups excluding carboxylic acids is 1. The largest absolute Gasteiger partial charge is 0.347 e. The Kier molecular flexibility index (Phi) is 4.86. The van der Waals surface area contributed by atoms with E-state index in [1.165, 1.54) is 16.9 Å². The summed E-state index contributed by atoms with van der Waals surface area (Å²) in [5.41, 5.74) is 3.59. The molecule has 0 spiro atoms. The third-order valence-corrected chi connectivity index (χ3v) is 4.19. The zero-order valence-electron chi connectivity index (χ0n) is 13.5. The molecule has 0 saturated heterocycles. The van der Waals surface area contributed by atoms with Crippen molar-refractivity contribution in [2.75, 3.05) is 5.32 Å². The number of hydrogen-bond donors (Lipinski definition) is 2. The van der Waals surface area contributed by atoms with E-state index in [1.807, 2.05) is 56.3 Å². The first kappa shape index (κ1) is 16.1. The van der Waals surface area contributed by atoms with Crippen LogP contribution in [0.25, 0.3) is 0 Å². The van der Waals surface area contributed by atoms with Gasteiger partial charge in [-0.05, 0) is 31.5 Å². The fourth-order valence-corrected chi connectivity index (χ4v) is 2.83. The Hall–Kier alpha value is -2.73. The van der Waals surface area contributed by atoms with Crippen molar-refractivity contribution in [2.45, 2.75) is 20.4 Å². The highest BCUT2D eigenvalue weighted by molar-refractivity contribution is 7.14. The van der Waals surface area contributed by atoms with Crippen molar-refractivity contribution in [3.63, 3.8) is 0 Å². The van der Waals surface area contributed by atoms with Crippen molar-refractivity contribution < 1.29 is 4.79 Å². The van der Waals surface area contributed by atoms with Gasteiger partial charge in [0, 0.05) is 17.6 Å². The molecule has 0 aliphatic rings. The lowest BCUT2D eigenvalue weighted by molar-refractivity contribution is 0.0946. The molecule has 0 aliphatic carbocycles. The molecular formula is C18H18N4OS. The number of thiazole rings is 1. The maximum atomic E-state index is 12.2. The molecule has 1 aromatic carbocycles. The predicted molar refractivity (Wildman–Crippen MR) is 96.7 cm³/mol. The number of nitrogens with zero attached hydrogens (tertiary/aromatic N) is 2. The zero-order valence-corrected chi connectivity index (χ0v) is 14.4. The summed E-state index contributed by atoms with van der Waals surface area (Å²) in [5.74, 6) is 0.535. The average Bonchev–Trinajstić information content (AvgIpc) is 3.03. The molecule has 2 heterocycles. The fraction of sp³-hybridized carbons (Fsp3) is 0.167. The molecule has 0 saturated carbocycles. The van der Waals surface area contributed by atoms with Crippen molar-refractivity contribution in [1.29, 1.82) is 0 Å². The molecule has 122 valence electrons. The van der Waals surface area contributed by atoms with E-state index < -0.39 is 0 Å². The Morgan fingerprint density at radius 3 is 2.62 bits per heavy atom. The lowest BCUT2D eigenvalue weighted by atomic mass is 10.1. The highest BCUT2D eigenvalue weighted by Gasteiger charge is 2.11. The van der Waals surface area contributed by atoms with Crippen LogP contribution in [0.1, 0.15) is 27.3 Å². The SMILES string of the molecule is Cc1ccc(CNC(=O)c2csc(Nc3cccc(C)n3)n2)cc1. The van der Waals surface area contributed by atoms with Gasteiger partial charge in [0.1, 0.15) is 11.5 Å². The van der Waals surface area contributed by atoms with Crippen LogP contribution in [-0.4, -0.2) is 15.9 Å². The Bertz CT molecular complexity index is 842. The van der Waals surface area contributed by atoms with Gasteiger partial charge in [-0.15, -0.1) is 11.3 Å². The summed E-state index contributed by atoms with van der Waals surface area (Å²) in [6, 6.07) is 13.8. The van der Waals surface area contributed by atoms with E-state index in [-0.39, 0.29) is 5.91 Å². The predicted octanol–water partition coefficient (Wildman–Crippen LogP) is 3.83. The van der Waals surface area contributed by atoms with Crippen molar-refractivity contribution >= 4 is 28.2 Å². The smallest absolute Gasteiger partial charge is 0.271 e. The minimum absolute atomic E-state index is 0.183. The van der Waals surface area contributed by atoms with Crippen LogP contribution in [0.4, 0.5) is 10.9 Å². The summed E-state index contributed by atoms with van der Waals surface area (Å²) in [4.78, 5) is 20.9. The number of rotatable bonds is 5. The Labute approximate surface area is 144 Å². The number of amides is 1. The summed E-state index contributed by atoms with van der Waals surface area (Å²) in [6.07, 6.45) is 0. The van der Waals surface area contributed by atoms with Gasteiger partial charge in [0.25, 0.3) is 5.91 Å². The normalized spacial score (nSPS) is 10.4. The van der Waals surface area contributed by atoms with E-state index in [4.69, 9.17) is 0 Å². The number of aromatic nitrogens is 2. The van der Waals surface area contributed by atoms with Gasteiger partial charge in [0.15, 0.2) is 5.13 Å². The van der Waals surface area contributed by atoms with E-state index in [1.54, 1.807) is 5.38 Å². The van der Waals surface area contributed by atoms with Crippen molar-refractivity contribution in [2.24, 2.45) is 0 Å². The zero-order chi connectivity index (χ0) is 16.9. The highest BCUT2D eigenvalue weighted by atomic mass is 32.1. The van der Waals surface area contributed by atoms with Gasteiger partial charge in [-0.25, -0.2) is 9.97 Å². The van der Waals surface area contributed by atoms with E-state index >= 15 is 0 Å². The van der Waals surface area contributed by atoms with Crippen molar-refractivity contribution in [3.8, 4) is 0 Å². The highest BCUT2D eigenvalue weighted by Crippen LogP contribution is 2.19. The molecule has 6 heteroatoms. The topological polar surface area (TPSA) is 66.9 Å². The molecule has 0 radical (unpaired) electrons. The summed E-state index contributed by atoms with van der Waals surface area (Å²) >= 11 is 1.38. The minimum atomic E-state index is -0.183. The molecule has 2 N–H and O–H groups in total. The number of pyridine rings is 1. The van der Waals surface area contributed by atoms with Gasteiger partial charge in [-0.1, -0.05) is 35.9 Å². The lowest BCUT2D eigenvalue weighted by Crippen LogP contribution is -2.23. The van der Waals surface area contributed by atoms with E-state index in [0.29, 0.717) is 17.4 Å². The molecule has 3 aromatic rings. The number of carbonyl (C=O) groups is 1. The number of nitrogens with one attached hydrogen (secondary N) is 2. The second-order valence-electron chi connectivity index (χ2n) is 5.50. The molecule has 0 aliphatic heterocycles. The van der Waals surface area contributed by atoms with Crippen LogP contribution in [-0.2, 0) is 6.54 Å². The summed E-state index contributed by atoms with van der Waals surface area (Å²) in [5, 5.41) is 8.38. The summed E-state index contributed by atoms with van der Waals surface area (Å²) < 4.78 is 0. The number of hydrogen-bond acceptors (Lipinski definition) is 5. The molecule has 24 heavy (non-hydrogen) atoms. The summed E-state index contributed by atoms with van der Waals surface area (Å²) in [7, 11) is 0. The number of benzene rings is 1. The quantitative estimate of drug-likeness (QED) is 0.742. The van der Waals surface area contributed by atoms with E-state index in [0.717, 1.165) is 17.1 Å². The Morgan fingerprint density at radius 1 is 1.08 bits per heavy atom. The van der Waals surface area contributed by atoms with Crippen LogP contribution in [0.3, 0.4) is 0 Å². The van der Waals surface area contributed by atoms with Gasteiger partial charge < -0.3 is 10.6 Å². The van der Waals surface area contributed by atoms with Gasteiger partial charge in [0.05, 0.1) is 0 Å². The van der Waals surface area contributed by atoms with Crippen LogP contribution >= 0.6 is 11.3 Å². The van der Waals surface area contributed by atoms with Gasteiger partial charge >= 0.3 is 0 Å². The second-order valence-corrected chi connectivity index (χ2v) is 6.35. The molecule has 2 aromatic heterocycles. The fourth-order valence-electron chi connectivity index (χ4n) is 2.14. The van der Waals surface area contributed by atoms with Gasteiger partial charge in [0.2, 0.25) is 0 Å². The van der Waals surface area contributed by atoms with Crippen LogP contribution in [0.5, 0.6) is 0 Å². The maximum Gasteiger partial charge on any atom is 0.271 e. The van der Waals surface area contributed by atoms with Gasteiger partial charge in [-0.2, -0.15) is 0 Å².